The third-order valence-electron chi connectivity index (χ3n) is 4.19. The summed E-state index contributed by atoms with van der Waals surface area (Å²) < 4.78 is 5.44. The Hall–Kier alpha value is -3.14. The zero-order chi connectivity index (χ0) is 17.4. The molecule has 10 heteroatoms. The molecule has 10 nitrogen and oxygen atoms in total. The van der Waals surface area contributed by atoms with Gasteiger partial charge in [0.25, 0.3) is 0 Å². The van der Waals surface area contributed by atoms with Gasteiger partial charge < -0.3 is 24.8 Å². The molecule has 1 saturated heterocycles. The predicted octanol–water partition coefficient (Wildman–Crippen LogP) is 1.35. The van der Waals surface area contributed by atoms with Crippen molar-refractivity contribution < 1.29 is 19.4 Å². The van der Waals surface area contributed by atoms with Crippen molar-refractivity contribution in [3.05, 3.63) is 24.1 Å². The van der Waals surface area contributed by atoms with Crippen molar-refractivity contribution in [2.45, 2.75) is 18.9 Å². The second-order valence-corrected chi connectivity index (χ2v) is 5.78. The molecule has 3 aromatic heterocycles. The fourth-order valence-electron chi connectivity index (χ4n) is 2.97. The first-order valence-corrected chi connectivity index (χ1v) is 7.84. The smallest absolute Gasteiger partial charge is 0.353 e. The number of aliphatic hydroxyl groups is 1. The summed E-state index contributed by atoms with van der Waals surface area (Å²) in [6.07, 6.45) is 3.35. The maximum Gasteiger partial charge on any atom is 0.353 e. The summed E-state index contributed by atoms with van der Waals surface area (Å²) in [6, 6.07) is 3.08. The first-order chi connectivity index (χ1) is 12.2. The Morgan fingerprint density at radius 3 is 3.12 bits per heavy atom. The number of anilines is 3. The summed E-state index contributed by atoms with van der Waals surface area (Å²) >= 11 is 0. The van der Waals surface area contributed by atoms with E-state index in [0.29, 0.717) is 28.7 Å². The molecule has 0 amide bonds. The Labute approximate surface area is 141 Å². The van der Waals surface area contributed by atoms with Crippen molar-refractivity contribution in [2.75, 3.05) is 23.4 Å². The average Bonchev–Trinajstić information content (AvgIpc) is 3.34. The van der Waals surface area contributed by atoms with Gasteiger partial charge in [0.15, 0.2) is 17.2 Å². The number of nitrogens with one attached hydrogen (secondary N) is 2. The maximum atomic E-state index is 11.0. The van der Waals surface area contributed by atoms with E-state index in [0.717, 1.165) is 19.4 Å². The van der Waals surface area contributed by atoms with Crippen LogP contribution in [0.2, 0.25) is 0 Å². The summed E-state index contributed by atoms with van der Waals surface area (Å²) in [5.74, 6) is 0.0776. The fourth-order valence-corrected chi connectivity index (χ4v) is 2.97. The topological polar surface area (TPSA) is 140 Å². The maximum absolute atomic E-state index is 11.0. The standard InChI is InChI=1S/C15H16N6O4/c22-7-8-2-1-4-21(8)15-16-9-3-5-25-12(9)13(18-15)17-11-6-10(14(23)24)19-20-11/h3,5-6,8,22H,1-2,4,7H2,(H,23,24)(H2,16,17,18,19,20). The summed E-state index contributed by atoms with van der Waals surface area (Å²) in [7, 11) is 0. The lowest BCUT2D eigenvalue weighted by Gasteiger charge is -2.23. The molecular formula is C15H16N6O4. The first kappa shape index (κ1) is 15.4. The Morgan fingerprint density at radius 2 is 2.36 bits per heavy atom. The number of H-pyrrole nitrogens is 1. The van der Waals surface area contributed by atoms with Crippen LogP contribution in [0.5, 0.6) is 0 Å². The van der Waals surface area contributed by atoms with E-state index >= 15 is 0 Å². The highest BCUT2D eigenvalue weighted by Gasteiger charge is 2.27. The molecule has 4 heterocycles. The highest BCUT2D eigenvalue weighted by molar-refractivity contribution is 5.89. The van der Waals surface area contributed by atoms with Crippen molar-refractivity contribution in [3.63, 3.8) is 0 Å². The minimum absolute atomic E-state index is 0.0128. The molecule has 3 aromatic rings. The summed E-state index contributed by atoms with van der Waals surface area (Å²) in [5, 5.41) is 27.8. The minimum Gasteiger partial charge on any atom is -0.477 e. The van der Waals surface area contributed by atoms with Crippen LogP contribution in [0.3, 0.4) is 0 Å². The largest absolute Gasteiger partial charge is 0.477 e. The van der Waals surface area contributed by atoms with Gasteiger partial charge in [-0.3, -0.25) is 5.10 Å². The van der Waals surface area contributed by atoms with Gasteiger partial charge in [0.1, 0.15) is 11.2 Å². The first-order valence-electron chi connectivity index (χ1n) is 7.84. The van der Waals surface area contributed by atoms with Crippen LogP contribution in [-0.2, 0) is 0 Å². The number of furan rings is 1. The van der Waals surface area contributed by atoms with Gasteiger partial charge in [0.2, 0.25) is 5.95 Å². The van der Waals surface area contributed by atoms with E-state index in [2.05, 4.69) is 25.5 Å². The Kier molecular flexibility index (Phi) is 3.73. The number of aromatic amines is 1. The van der Waals surface area contributed by atoms with Gasteiger partial charge in [0.05, 0.1) is 18.9 Å². The number of rotatable bonds is 5. The van der Waals surface area contributed by atoms with Gasteiger partial charge >= 0.3 is 5.97 Å². The van der Waals surface area contributed by atoms with Crippen LogP contribution in [-0.4, -0.2) is 55.5 Å². The number of carboxylic acid groups (broad SMARTS) is 1. The van der Waals surface area contributed by atoms with Gasteiger partial charge in [-0.1, -0.05) is 0 Å². The molecule has 0 bridgehead atoms. The van der Waals surface area contributed by atoms with E-state index in [4.69, 9.17) is 9.52 Å². The highest BCUT2D eigenvalue weighted by Crippen LogP contribution is 2.29. The minimum atomic E-state index is -1.10. The molecular weight excluding hydrogens is 328 g/mol. The third kappa shape index (κ3) is 2.76. The Balaban J connectivity index is 1.71. The number of carbonyl (C=O) groups is 1. The number of nitrogens with zero attached hydrogens (tertiary/aromatic N) is 4. The molecule has 130 valence electrons. The number of carboxylic acids is 1. The Bertz CT molecular complexity index is 920. The number of aromatic nitrogens is 4. The lowest BCUT2D eigenvalue weighted by Crippen LogP contribution is -2.33. The normalized spacial score (nSPS) is 17.3. The highest BCUT2D eigenvalue weighted by atomic mass is 16.4. The molecule has 0 radical (unpaired) electrons. The summed E-state index contributed by atoms with van der Waals surface area (Å²) in [6.45, 7) is 0.802. The Morgan fingerprint density at radius 1 is 1.48 bits per heavy atom. The molecule has 0 aromatic carbocycles. The molecule has 1 aliphatic heterocycles. The van der Waals surface area contributed by atoms with E-state index in [1.807, 2.05) is 4.90 Å². The van der Waals surface area contributed by atoms with Crippen LogP contribution >= 0.6 is 0 Å². The molecule has 4 N–H and O–H groups in total. The van der Waals surface area contributed by atoms with Crippen molar-refractivity contribution in [1.82, 2.24) is 20.2 Å². The van der Waals surface area contributed by atoms with Crippen molar-refractivity contribution >= 4 is 34.7 Å². The summed E-state index contributed by atoms with van der Waals surface area (Å²) in [4.78, 5) is 21.9. The predicted molar refractivity (Wildman–Crippen MR) is 88.1 cm³/mol. The zero-order valence-corrected chi connectivity index (χ0v) is 13.1. The van der Waals surface area contributed by atoms with E-state index in [1.165, 1.54) is 12.3 Å². The van der Waals surface area contributed by atoms with Crippen molar-refractivity contribution in [3.8, 4) is 0 Å². The SMILES string of the molecule is O=C(O)c1cc(Nc2nc(N3CCCC3CO)nc3ccoc23)n[nH]1. The lowest BCUT2D eigenvalue weighted by molar-refractivity contribution is 0.0690. The number of hydrogen-bond donors (Lipinski definition) is 4. The van der Waals surface area contributed by atoms with Gasteiger partial charge in [-0.2, -0.15) is 10.1 Å². The molecule has 1 fully saturated rings. The van der Waals surface area contributed by atoms with E-state index in [1.54, 1.807) is 6.07 Å². The second kappa shape index (κ2) is 6.06. The molecule has 1 unspecified atom stereocenters. The monoisotopic (exact) mass is 344 g/mol. The van der Waals surface area contributed by atoms with Crippen LogP contribution in [0.1, 0.15) is 23.3 Å². The van der Waals surface area contributed by atoms with E-state index in [9.17, 15) is 9.90 Å². The quantitative estimate of drug-likeness (QED) is 0.539. The van der Waals surface area contributed by atoms with Gasteiger partial charge in [-0.05, 0) is 12.8 Å². The number of fused-ring (bicyclic) bond motifs is 1. The lowest BCUT2D eigenvalue weighted by atomic mass is 10.2. The molecule has 0 saturated carbocycles. The second-order valence-electron chi connectivity index (χ2n) is 5.78. The number of aromatic carboxylic acids is 1. The van der Waals surface area contributed by atoms with Gasteiger partial charge in [-0.15, -0.1) is 0 Å². The zero-order valence-electron chi connectivity index (χ0n) is 13.1. The van der Waals surface area contributed by atoms with E-state index < -0.39 is 5.97 Å². The third-order valence-corrected chi connectivity index (χ3v) is 4.19. The molecule has 0 aliphatic carbocycles. The molecule has 25 heavy (non-hydrogen) atoms. The number of aliphatic hydroxyl groups excluding tert-OH is 1. The van der Waals surface area contributed by atoms with Crippen LogP contribution in [0.25, 0.3) is 11.1 Å². The molecule has 1 atom stereocenters. The fraction of sp³-hybridized carbons (Fsp3) is 0.333. The van der Waals surface area contributed by atoms with Crippen molar-refractivity contribution in [1.29, 1.82) is 0 Å². The van der Waals surface area contributed by atoms with Crippen LogP contribution in [0.15, 0.2) is 22.8 Å². The molecule has 0 spiro atoms. The van der Waals surface area contributed by atoms with Crippen LogP contribution < -0.4 is 10.2 Å². The van der Waals surface area contributed by atoms with E-state index in [-0.39, 0.29) is 18.3 Å². The average molecular weight is 344 g/mol. The summed E-state index contributed by atoms with van der Waals surface area (Å²) in [5.41, 5.74) is 1.03. The van der Waals surface area contributed by atoms with Crippen LogP contribution in [0.4, 0.5) is 17.6 Å². The molecule has 1 aliphatic rings. The molecule has 4 rings (SSSR count). The van der Waals surface area contributed by atoms with Crippen molar-refractivity contribution in [2.24, 2.45) is 0 Å². The number of hydrogen-bond acceptors (Lipinski definition) is 8. The van der Waals surface area contributed by atoms with Gasteiger partial charge in [0, 0.05) is 18.7 Å². The van der Waals surface area contributed by atoms with Crippen LogP contribution in [0, 0.1) is 0 Å². The van der Waals surface area contributed by atoms with Gasteiger partial charge in [-0.25, -0.2) is 9.78 Å².